The van der Waals surface area contributed by atoms with Crippen molar-refractivity contribution in [1.82, 2.24) is 0 Å². The van der Waals surface area contributed by atoms with Crippen molar-refractivity contribution in [2.75, 3.05) is 6.67 Å². The summed E-state index contributed by atoms with van der Waals surface area (Å²) in [6.45, 7) is -0.740. The molecule has 1 rings (SSSR count). The minimum absolute atomic E-state index is 0.112. The maximum Gasteiger partial charge on any atom is 0.416 e. The van der Waals surface area contributed by atoms with Crippen molar-refractivity contribution in [3.8, 4) is 0 Å². The van der Waals surface area contributed by atoms with E-state index in [0.29, 0.717) is 5.56 Å². The van der Waals surface area contributed by atoms with Crippen molar-refractivity contribution in [2.45, 2.75) is 18.6 Å². The molecule has 1 aromatic carbocycles. The summed E-state index contributed by atoms with van der Waals surface area (Å²) in [7, 11) is 0. The van der Waals surface area contributed by atoms with Gasteiger partial charge in [0.1, 0.15) is 6.67 Å². The predicted molar refractivity (Wildman–Crippen MR) is 49.1 cm³/mol. The quantitative estimate of drug-likeness (QED) is 0.780. The van der Waals surface area contributed by atoms with Crippen molar-refractivity contribution < 1.29 is 17.6 Å². The highest BCUT2D eigenvalue weighted by Gasteiger charge is 2.30. The minimum atomic E-state index is -4.37. The lowest BCUT2D eigenvalue weighted by Gasteiger charge is -2.10. The van der Waals surface area contributed by atoms with Crippen molar-refractivity contribution in [3.05, 3.63) is 35.4 Å². The molecular formula is C10H11F4N. The Morgan fingerprint density at radius 3 is 2.47 bits per heavy atom. The first-order chi connectivity index (χ1) is 6.93. The van der Waals surface area contributed by atoms with Crippen molar-refractivity contribution >= 4 is 0 Å². The van der Waals surface area contributed by atoms with Crippen LogP contribution in [0.1, 0.15) is 11.1 Å². The summed E-state index contributed by atoms with van der Waals surface area (Å²) in [6, 6.07) is 4.03. The second kappa shape index (κ2) is 4.61. The molecule has 0 radical (unpaired) electrons. The zero-order valence-electron chi connectivity index (χ0n) is 7.89. The first kappa shape index (κ1) is 12.0. The van der Waals surface area contributed by atoms with Crippen LogP contribution in [0.3, 0.4) is 0 Å². The lowest BCUT2D eigenvalue weighted by molar-refractivity contribution is -0.137. The highest BCUT2D eigenvalue weighted by molar-refractivity contribution is 5.26. The number of hydrogen-bond donors (Lipinski definition) is 1. The lowest BCUT2D eigenvalue weighted by atomic mass is 10.0. The fourth-order valence-corrected chi connectivity index (χ4v) is 1.23. The smallest absolute Gasteiger partial charge is 0.325 e. The van der Waals surface area contributed by atoms with E-state index in [9.17, 15) is 17.6 Å². The van der Waals surface area contributed by atoms with Crippen molar-refractivity contribution in [3.63, 3.8) is 0 Å². The van der Waals surface area contributed by atoms with E-state index in [0.717, 1.165) is 12.1 Å². The summed E-state index contributed by atoms with van der Waals surface area (Å²) in [5.41, 5.74) is 4.98. The Morgan fingerprint density at radius 1 is 1.27 bits per heavy atom. The van der Waals surface area contributed by atoms with Crippen LogP contribution >= 0.6 is 0 Å². The van der Waals surface area contributed by atoms with E-state index in [-0.39, 0.29) is 6.42 Å². The molecule has 1 unspecified atom stereocenters. The predicted octanol–water partition coefficient (Wildman–Crippen LogP) is 2.54. The molecule has 0 amide bonds. The third kappa shape index (κ3) is 3.51. The molecule has 1 aromatic rings. The van der Waals surface area contributed by atoms with Gasteiger partial charge in [-0.3, -0.25) is 0 Å². The Hall–Kier alpha value is -1.10. The van der Waals surface area contributed by atoms with Crippen LogP contribution in [0.5, 0.6) is 0 Å². The number of nitrogens with two attached hydrogens (primary N) is 1. The van der Waals surface area contributed by atoms with Gasteiger partial charge in [-0.2, -0.15) is 13.2 Å². The summed E-state index contributed by atoms with van der Waals surface area (Å²) in [5, 5.41) is 0. The highest BCUT2D eigenvalue weighted by atomic mass is 19.4. The molecule has 0 aliphatic carbocycles. The summed E-state index contributed by atoms with van der Waals surface area (Å²) in [5.74, 6) is 0. The molecule has 0 saturated heterocycles. The van der Waals surface area contributed by atoms with Gasteiger partial charge in [0.15, 0.2) is 0 Å². The van der Waals surface area contributed by atoms with Gasteiger partial charge in [0, 0.05) is 6.04 Å². The van der Waals surface area contributed by atoms with Gasteiger partial charge in [-0.25, -0.2) is 4.39 Å². The van der Waals surface area contributed by atoms with Crippen LogP contribution in [0.15, 0.2) is 24.3 Å². The molecule has 0 spiro atoms. The molecule has 0 aromatic heterocycles. The minimum Gasteiger partial charge on any atom is -0.325 e. The van der Waals surface area contributed by atoms with Crippen LogP contribution in [-0.2, 0) is 12.6 Å². The fraction of sp³-hybridized carbons (Fsp3) is 0.400. The Kier molecular flexibility index (Phi) is 3.68. The molecule has 0 bridgehead atoms. The standard InChI is InChI=1S/C10H11F4N/c11-6-9(15)5-7-2-1-3-8(4-7)10(12,13)14/h1-4,9H,5-6,15H2. The Bertz CT molecular complexity index is 321. The summed E-state index contributed by atoms with van der Waals surface area (Å²) in [6.07, 6.45) is -4.25. The molecule has 0 fully saturated rings. The molecule has 5 heteroatoms. The Labute approximate surface area is 84.9 Å². The highest BCUT2D eigenvalue weighted by Crippen LogP contribution is 2.29. The largest absolute Gasteiger partial charge is 0.416 e. The Balaban J connectivity index is 2.84. The van der Waals surface area contributed by atoms with Crippen LogP contribution in [-0.4, -0.2) is 12.7 Å². The maximum absolute atomic E-state index is 12.3. The zero-order chi connectivity index (χ0) is 11.5. The van der Waals surface area contributed by atoms with Gasteiger partial charge in [-0.15, -0.1) is 0 Å². The van der Waals surface area contributed by atoms with Crippen LogP contribution < -0.4 is 5.73 Å². The molecule has 0 aliphatic heterocycles. The fourth-order valence-electron chi connectivity index (χ4n) is 1.23. The van der Waals surface area contributed by atoms with Crippen LogP contribution in [0.25, 0.3) is 0 Å². The van der Waals surface area contributed by atoms with E-state index in [2.05, 4.69) is 0 Å². The molecule has 1 nitrogen and oxygen atoms in total. The summed E-state index contributed by atoms with van der Waals surface area (Å²) in [4.78, 5) is 0. The zero-order valence-corrected chi connectivity index (χ0v) is 7.89. The monoisotopic (exact) mass is 221 g/mol. The summed E-state index contributed by atoms with van der Waals surface area (Å²) < 4.78 is 48.9. The molecule has 0 saturated carbocycles. The summed E-state index contributed by atoms with van der Waals surface area (Å²) >= 11 is 0. The topological polar surface area (TPSA) is 26.0 Å². The van der Waals surface area contributed by atoms with Crippen LogP contribution in [0, 0.1) is 0 Å². The van der Waals surface area contributed by atoms with Gasteiger partial charge in [-0.05, 0) is 18.1 Å². The van der Waals surface area contributed by atoms with E-state index < -0.39 is 24.5 Å². The van der Waals surface area contributed by atoms with Crippen molar-refractivity contribution in [1.29, 1.82) is 0 Å². The normalized spacial score (nSPS) is 13.9. The van der Waals surface area contributed by atoms with Gasteiger partial charge in [-0.1, -0.05) is 18.2 Å². The molecule has 0 heterocycles. The Morgan fingerprint density at radius 2 is 1.93 bits per heavy atom. The molecule has 84 valence electrons. The van der Waals surface area contributed by atoms with E-state index in [1.807, 2.05) is 0 Å². The second-order valence-corrected chi connectivity index (χ2v) is 3.32. The van der Waals surface area contributed by atoms with E-state index in [1.54, 1.807) is 0 Å². The van der Waals surface area contributed by atoms with Gasteiger partial charge >= 0.3 is 6.18 Å². The number of alkyl halides is 4. The maximum atomic E-state index is 12.3. The van der Waals surface area contributed by atoms with E-state index >= 15 is 0 Å². The lowest BCUT2D eigenvalue weighted by Crippen LogP contribution is -2.25. The van der Waals surface area contributed by atoms with Gasteiger partial charge in [0.25, 0.3) is 0 Å². The van der Waals surface area contributed by atoms with Crippen LogP contribution in [0.4, 0.5) is 17.6 Å². The first-order valence-electron chi connectivity index (χ1n) is 4.41. The second-order valence-electron chi connectivity index (χ2n) is 3.32. The number of halogens is 4. The number of hydrogen-bond acceptors (Lipinski definition) is 1. The molecule has 2 N–H and O–H groups in total. The van der Waals surface area contributed by atoms with Crippen LogP contribution in [0.2, 0.25) is 0 Å². The van der Waals surface area contributed by atoms with E-state index in [4.69, 9.17) is 5.73 Å². The third-order valence-corrected chi connectivity index (χ3v) is 1.95. The van der Waals surface area contributed by atoms with Gasteiger partial charge < -0.3 is 5.73 Å². The average molecular weight is 221 g/mol. The molecule has 15 heavy (non-hydrogen) atoms. The van der Waals surface area contributed by atoms with Gasteiger partial charge in [0.05, 0.1) is 5.56 Å². The first-order valence-corrected chi connectivity index (χ1v) is 4.41. The number of rotatable bonds is 3. The molecular weight excluding hydrogens is 210 g/mol. The van der Waals surface area contributed by atoms with Gasteiger partial charge in [0.2, 0.25) is 0 Å². The number of benzene rings is 1. The van der Waals surface area contributed by atoms with Crippen molar-refractivity contribution in [2.24, 2.45) is 5.73 Å². The van der Waals surface area contributed by atoms with E-state index in [1.165, 1.54) is 12.1 Å². The third-order valence-electron chi connectivity index (χ3n) is 1.95. The molecule has 0 aliphatic rings. The molecule has 1 atom stereocenters. The SMILES string of the molecule is NC(CF)Cc1cccc(C(F)(F)F)c1. The average Bonchev–Trinajstić information content (AvgIpc) is 2.17.